The average Bonchev–Trinajstić information content (AvgIpc) is 2.30. The van der Waals surface area contributed by atoms with Crippen LogP contribution in [-0.4, -0.2) is 22.8 Å². The zero-order chi connectivity index (χ0) is 12.7. The first-order valence-electron chi connectivity index (χ1n) is 6.25. The summed E-state index contributed by atoms with van der Waals surface area (Å²) < 4.78 is 10.9. The van der Waals surface area contributed by atoms with E-state index < -0.39 is 10.8 Å². The molecule has 2 atom stereocenters. The van der Waals surface area contributed by atoms with Gasteiger partial charge in [-0.1, -0.05) is 37.6 Å². The van der Waals surface area contributed by atoms with Crippen molar-refractivity contribution in [1.82, 2.24) is 5.32 Å². The van der Waals surface area contributed by atoms with Gasteiger partial charge < -0.3 is 5.32 Å². The molecule has 1 aromatic rings. The Labute approximate surface area is 107 Å². The summed E-state index contributed by atoms with van der Waals surface area (Å²) in [4.78, 5) is 0. The molecule has 0 aliphatic heterocycles. The molecule has 0 amide bonds. The molecule has 17 heavy (non-hydrogen) atoms. The summed E-state index contributed by atoms with van der Waals surface area (Å²) in [6, 6.07) is 9.11. The van der Waals surface area contributed by atoms with E-state index in [9.17, 15) is 4.21 Å². The molecule has 0 saturated carbocycles. The standard InChI is InChI=1S/C14H23NOS/c1-4-5-13-6-8-14(9-7-13)12(2)15-10-11-17(3)16/h6-9,12,15H,4-5,10-11H2,1-3H3. The van der Waals surface area contributed by atoms with Gasteiger partial charge in [-0.2, -0.15) is 0 Å². The number of rotatable bonds is 7. The van der Waals surface area contributed by atoms with E-state index in [0.29, 0.717) is 6.04 Å². The molecule has 0 aromatic heterocycles. The van der Waals surface area contributed by atoms with Crippen LogP contribution in [0, 0.1) is 0 Å². The lowest BCUT2D eigenvalue weighted by Gasteiger charge is -2.14. The first-order chi connectivity index (χ1) is 8.13. The molecule has 1 aromatic carbocycles. The van der Waals surface area contributed by atoms with Crippen molar-refractivity contribution in [3.8, 4) is 0 Å². The fraction of sp³-hybridized carbons (Fsp3) is 0.571. The van der Waals surface area contributed by atoms with Gasteiger partial charge in [0.1, 0.15) is 0 Å². The number of nitrogens with one attached hydrogen (secondary N) is 1. The van der Waals surface area contributed by atoms with Crippen molar-refractivity contribution < 1.29 is 4.21 Å². The van der Waals surface area contributed by atoms with Gasteiger partial charge in [-0.05, 0) is 24.5 Å². The predicted molar refractivity (Wildman–Crippen MR) is 75.8 cm³/mol. The molecule has 0 bridgehead atoms. The summed E-state index contributed by atoms with van der Waals surface area (Å²) >= 11 is 0. The lowest BCUT2D eigenvalue weighted by atomic mass is 10.0. The number of hydrogen-bond donors (Lipinski definition) is 1. The zero-order valence-corrected chi connectivity index (χ0v) is 11.8. The third-order valence-corrected chi connectivity index (χ3v) is 3.64. The first kappa shape index (κ1) is 14.4. The summed E-state index contributed by atoms with van der Waals surface area (Å²) in [5.74, 6) is 0.720. The van der Waals surface area contributed by atoms with Crippen molar-refractivity contribution >= 4 is 10.8 Å². The number of aryl methyl sites for hydroxylation is 1. The molecular weight excluding hydrogens is 230 g/mol. The van der Waals surface area contributed by atoms with Crippen LogP contribution in [0.5, 0.6) is 0 Å². The van der Waals surface area contributed by atoms with Crippen LogP contribution in [0.15, 0.2) is 24.3 Å². The van der Waals surface area contributed by atoms with E-state index in [1.165, 1.54) is 17.5 Å². The van der Waals surface area contributed by atoms with Gasteiger partial charge in [0, 0.05) is 35.4 Å². The lowest BCUT2D eigenvalue weighted by Crippen LogP contribution is -2.23. The van der Waals surface area contributed by atoms with Gasteiger partial charge in [-0.15, -0.1) is 0 Å². The van der Waals surface area contributed by atoms with Crippen LogP contribution in [0.3, 0.4) is 0 Å². The molecule has 96 valence electrons. The predicted octanol–water partition coefficient (Wildman–Crippen LogP) is 2.67. The maximum absolute atomic E-state index is 10.9. The Morgan fingerprint density at radius 2 is 1.94 bits per heavy atom. The van der Waals surface area contributed by atoms with E-state index in [-0.39, 0.29) is 0 Å². The van der Waals surface area contributed by atoms with Crippen LogP contribution in [-0.2, 0) is 17.2 Å². The molecule has 0 spiro atoms. The van der Waals surface area contributed by atoms with Gasteiger partial charge in [0.2, 0.25) is 0 Å². The van der Waals surface area contributed by atoms with Crippen LogP contribution in [0.4, 0.5) is 0 Å². The summed E-state index contributed by atoms with van der Waals surface area (Å²) in [6.07, 6.45) is 4.08. The quantitative estimate of drug-likeness (QED) is 0.809. The largest absolute Gasteiger partial charge is 0.309 e. The molecule has 1 N–H and O–H groups in total. The highest BCUT2D eigenvalue weighted by Gasteiger charge is 2.04. The normalized spacial score (nSPS) is 14.5. The monoisotopic (exact) mass is 253 g/mol. The Balaban J connectivity index is 2.45. The van der Waals surface area contributed by atoms with Crippen molar-refractivity contribution in [1.29, 1.82) is 0 Å². The van der Waals surface area contributed by atoms with Crippen molar-refractivity contribution in [2.75, 3.05) is 18.6 Å². The van der Waals surface area contributed by atoms with Crippen LogP contribution in [0.25, 0.3) is 0 Å². The third-order valence-electron chi connectivity index (χ3n) is 2.86. The second-order valence-corrected chi connectivity index (χ2v) is 6.00. The summed E-state index contributed by atoms with van der Waals surface area (Å²) in [7, 11) is -0.707. The zero-order valence-electron chi connectivity index (χ0n) is 11.0. The molecule has 0 fully saturated rings. The van der Waals surface area contributed by atoms with E-state index in [4.69, 9.17) is 0 Å². The highest BCUT2D eigenvalue weighted by molar-refractivity contribution is 7.84. The average molecular weight is 253 g/mol. The van der Waals surface area contributed by atoms with E-state index in [1.54, 1.807) is 6.26 Å². The second kappa shape index (κ2) is 7.62. The molecule has 2 unspecified atom stereocenters. The minimum atomic E-state index is -0.707. The lowest BCUT2D eigenvalue weighted by molar-refractivity contribution is 0.597. The minimum absolute atomic E-state index is 0.328. The summed E-state index contributed by atoms with van der Waals surface area (Å²) in [5, 5.41) is 3.39. The van der Waals surface area contributed by atoms with E-state index in [0.717, 1.165) is 18.7 Å². The van der Waals surface area contributed by atoms with Crippen LogP contribution >= 0.6 is 0 Å². The molecular formula is C14H23NOS. The van der Waals surface area contributed by atoms with Gasteiger partial charge in [-0.25, -0.2) is 0 Å². The highest BCUT2D eigenvalue weighted by atomic mass is 32.2. The van der Waals surface area contributed by atoms with Gasteiger partial charge in [0.05, 0.1) is 0 Å². The maximum atomic E-state index is 10.9. The molecule has 0 radical (unpaired) electrons. The summed E-state index contributed by atoms with van der Waals surface area (Å²) in [6.45, 7) is 5.15. The molecule has 0 aliphatic rings. The van der Waals surface area contributed by atoms with E-state index in [1.807, 2.05) is 0 Å². The molecule has 0 saturated heterocycles. The van der Waals surface area contributed by atoms with Crippen LogP contribution in [0.1, 0.15) is 37.4 Å². The fourth-order valence-electron chi connectivity index (χ4n) is 1.80. The Morgan fingerprint density at radius 1 is 1.29 bits per heavy atom. The third kappa shape index (κ3) is 5.46. The van der Waals surface area contributed by atoms with Gasteiger partial charge in [-0.3, -0.25) is 4.21 Å². The van der Waals surface area contributed by atoms with Crippen molar-refractivity contribution in [3.05, 3.63) is 35.4 Å². The first-order valence-corrected chi connectivity index (χ1v) is 7.98. The Hall–Kier alpha value is -0.670. The van der Waals surface area contributed by atoms with Gasteiger partial charge >= 0.3 is 0 Å². The smallest absolute Gasteiger partial charge is 0.0357 e. The van der Waals surface area contributed by atoms with E-state index in [2.05, 4.69) is 43.4 Å². The van der Waals surface area contributed by atoms with Crippen molar-refractivity contribution in [3.63, 3.8) is 0 Å². The highest BCUT2D eigenvalue weighted by Crippen LogP contribution is 2.13. The summed E-state index contributed by atoms with van der Waals surface area (Å²) in [5.41, 5.74) is 2.70. The van der Waals surface area contributed by atoms with Crippen LogP contribution in [0.2, 0.25) is 0 Å². The minimum Gasteiger partial charge on any atom is -0.309 e. The Kier molecular flexibility index (Phi) is 6.45. The molecule has 2 nitrogen and oxygen atoms in total. The topological polar surface area (TPSA) is 29.1 Å². The SMILES string of the molecule is CCCc1ccc(C(C)NCCS(C)=O)cc1. The van der Waals surface area contributed by atoms with Crippen molar-refractivity contribution in [2.24, 2.45) is 0 Å². The molecule has 3 heteroatoms. The maximum Gasteiger partial charge on any atom is 0.0357 e. The van der Waals surface area contributed by atoms with Crippen LogP contribution < -0.4 is 5.32 Å². The molecule has 0 heterocycles. The fourth-order valence-corrected chi connectivity index (χ4v) is 2.20. The Bertz CT molecular complexity index is 348. The molecule has 0 aliphatic carbocycles. The Morgan fingerprint density at radius 3 is 2.47 bits per heavy atom. The van der Waals surface area contributed by atoms with Crippen molar-refractivity contribution in [2.45, 2.75) is 32.7 Å². The second-order valence-electron chi connectivity index (χ2n) is 4.44. The van der Waals surface area contributed by atoms with E-state index >= 15 is 0 Å². The molecule has 1 rings (SSSR count). The van der Waals surface area contributed by atoms with Gasteiger partial charge in [0.15, 0.2) is 0 Å². The van der Waals surface area contributed by atoms with Gasteiger partial charge in [0.25, 0.3) is 0 Å². The number of benzene rings is 1. The number of hydrogen-bond acceptors (Lipinski definition) is 2.